The molecule has 1 aliphatic rings. The summed E-state index contributed by atoms with van der Waals surface area (Å²) in [5.41, 5.74) is 0. The second-order valence-corrected chi connectivity index (χ2v) is 4.85. The number of rotatable bonds is 5. The lowest BCUT2D eigenvalue weighted by Gasteiger charge is -2.16. The highest BCUT2D eigenvalue weighted by molar-refractivity contribution is 9.09. The highest BCUT2D eigenvalue weighted by Crippen LogP contribution is 2.14. The van der Waals surface area contributed by atoms with Crippen molar-refractivity contribution >= 4 is 27.9 Å². The van der Waals surface area contributed by atoms with Crippen LogP contribution in [0.2, 0.25) is 0 Å². The molecule has 5 heteroatoms. The van der Waals surface area contributed by atoms with Crippen LogP contribution in [0.5, 0.6) is 0 Å². The van der Waals surface area contributed by atoms with E-state index in [1.54, 1.807) is 7.05 Å². The smallest absolute Gasteiger partial charge is 0.318 e. The van der Waals surface area contributed by atoms with Crippen LogP contribution in [0.15, 0.2) is 0 Å². The maximum absolute atomic E-state index is 11.5. The molecule has 0 bridgehead atoms. The number of carbonyl (C=O) groups excluding carboxylic acids is 2. The molecule has 1 aliphatic heterocycles. The van der Waals surface area contributed by atoms with E-state index in [2.05, 4.69) is 22.9 Å². The Kier molecular flexibility index (Phi) is 4.57. The van der Waals surface area contributed by atoms with E-state index in [4.69, 9.17) is 0 Å². The van der Waals surface area contributed by atoms with Crippen LogP contribution >= 0.6 is 15.9 Å². The summed E-state index contributed by atoms with van der Waals surface area (Å²) in [6.07, 6.45) is 1.96. The van der Waals surface area contributed by atoms with Crippen molar-refractivity contribution in [3.8, 4) is 0 Å². The van der Waals surface area contributed by atoms with E-state index < -0.39 is 0 Å². The van der Waals surface area contributed by atoms with Gasteiger partial charge in [-0.3, -0.25) is 9.69 Å². The number of hydrogen-bond acceptors (Lipinski definition) is 2. The molecule has 0 aromatic rings. The second kappa shape index (κ2) is 5.49. The Balaban J connectivity index is 2.38. The molecular formula is C10H17BrN2O2. The molecule has 0 saturated carbocycles. The number of urea groups is 1. The summed E-state index contributed by atoms with van der Waals surface area (Å²) in [5.74, 6) is 0.462. The van der Waals surface area contributed by atoms with Crippen LogP contribution in [-0.2, 0) is 4.79 Å². The van der Waals surface area contributed by atoms with Crippen LogP contribution in [0.1, 0.15) is 19.8 Å². The number of imide groups is 1. The van der Waals surface area contributed by atoms with Crippen molar-refractivity contribution in [1.29, 1.82) is 0 Å². The molecule has 15 heavy (non-hydrogen) atoms. The Hall–Kier alpha value is -0.580. The van der Waals surface area contributed by atoms with Crippen LogP contribution in [-0.4, -0.2) is 47.2 Å². The third-order valence-electron chi connectivity index (χ3n) is 2.68. The highest BCUT2D eigenvalue weighted by atomic mass is 79.9. The summed E-state index contributed by atoms with van der Waals surface area (Å²) in [6, 6.07) is -0.161. The first-order chi connectivity index (χ1) is 7.06. The Morgan fingerprint density at radius 2 is 2.07 bits per heavy atom. The average molecular weight is 277 g/mol. The number of amides is 3. The van der Waals surface area contributed by atoms with Crippen molar-refractivity contribution < 1.29 is 9.59 Å². The van der Waals surface area contributed by atoms with Crippen molar-refractivity contribution in [2.75, 3.05) is 25.5 Å². The zero-order chi connectivity index (χ0) is 11.4. The van der Waals surface area contributed by atoms with E-state index in [9.17, 15) is 9.59 Å². The fourth-order valence-corrected chi connectivity index (χ4v) is 2.35. The van der Waals surface area contributed by atoms with Crippen LogP contribution in [0.4, 0.5) is 4.79 Å². The van der Waals surface area contributed by atoms with E-state index in [1.165, 1.54) is 9.80 Å². The molecule has 1 atom stereocenters. The van der Waals surface area contributed by atoms with E-state index in [1.807, 2.05) is 0 Å². The Labute approximate surface area is 98.7 Å². The average Bonchev–Trinajstić information content (AvgIpc) is 2.40. The molecule has 0 aliphatic carbocycles. The van der Waals surface area contributed by atoms with E-state index in [0.717, 1.165) is 18.2 Å². The van der Waals surface area contributed by atoms with E-state index in [0.29, 0.717) is 12.5 Å². The minimum absolute atomic E-state index is 0.0754. The van der Waals surface area contributed by atoms with Gasteiger partial charge in [-0.1, -0.05) is 22.9 Å². The van der Waals surface area contributed by atoms with Gasteiger partial charge < -0.3 is 4.90 Å². The number of halogens is 1. The second-order valence-electron chi connectivity index (χ2n) is 4.06. The maximum atomic E-state index is 11.5. The molecule has 4 nitrogen and oxygen atoms in total. The Morgan fingerprint density at radius 3 is 2.53 bits per heavy atom. The number of likely N-dealkylation sites (N-methyl/N-ethyl adjacent to an activating group) is 1. The van der Waals surface area contributed by atoms with E-state index in [-0.39, 0.29) is 18.5 Å². The summed E-state index contributed by atoms with van der Waals surface area (Å²) in [5, 5.41) is 0.968. The standard InChI is InChI=1S/C10H17BrN2O2/c1-8(3-5-11)4-6-13-9(14)7-12(2)10(13)15/h8H,3-7H2,1-2H3. The largest absolute Gasteiger partial charge is 0.326 e. The molecule has 0 N–H and O–H groups in total. The van der Waals surface area contributed by atoms with Gasteiger partial charge in [0.2, 0.25) is 5.91 Å². The molecule has 86 valence electrons. The lowest BCUT2D eigenvalue weighted by Crippen LogP contribution is -2.33. The zero-order valence-electron chi connectivity index (χ0n) is 9.20. The SMILES string of the molecule is CC(CCBr)CCN1C(=O)CN(C)C1=O. The van der Waals surface area contributed by atoms with Gasteiger partial charge in [-0.25, -0.2) is 4.79 Å². The summed E-state index contributed by atoms with van der Waals surface area (Å²) >= 11 is 3.38. The van der Waals surface area contributed by atoms with Crippen molar-refractivity contribution in [2.24, 2.45) is 5.92 Å². The van der Waals surface area contributed by atoms with Gasteiger partial charge in [0.1, 0.15) is 6.54 Å². The Morgan fingerprint density at radius 1 is 1.40 bits per heavy atom. The van der Waals surface area contributed by atoms with Crippen molar-refractivity contribution in [3.05, 3.63) is 0 Å². The molecule has 1 heterocycles. The lowest BCUT2D eigenvalue weighted by atomic mass is 10.1. The summed E-state index contributed by atoms with van der Waals surface area (Å²) in [4.78, 5) is 25.7. The van der Waals surface area contributed by atoms with Gasteiger partial charge in [-0.05, 0) is 18.8 Å². The quantitative estimate of drug-likeness (QED) is 0.567. The number of nitrogens with zero attached hydrogens (tertiary/aromatic N) is 2. The first kappa shape index (κ1) is 12.5. The normalized spacial score (nSPS) is 18.9. The molecule has 1 unspecified atom stereocenters. The molecule has 1 fully saturated rings. The molecular weight excluding hydrogens is 260 g/mol. The third kappa shape index (κ3) is 3.19. The number of alkyl halides is 1. The summed E-state index contributed by atoms with van der Waals surface area (Å²) in [6.45, 7) is 2.91. The van der Waals surface area contributed by atoms with Crippen molar-refractivity contribution in [1.82, 2.24) is 9.80 Å². The first-order valence-corrected chi connectivity index (χ1v) is 6.29. The molecule has 0 radical (unpaired) electrons. The van der Waals surface area contributed by atoms with Gasteiger partial charge >= 0.3 is 6.03 Å². The van der Waals surface area contributed by atoms with Gasteiger partial charge in [0.15, 0.2) is 0 Å². The van der Waals surface area contributed by atoms with Crippen molar-refractivity contribution in [2.45, 2.75) is 19.8 Å². The van der Waals surface area contributed by atoms with Gasteiger partial charge in [0.05, 0.1) is 0 Å². The molecule has 3 amide bonds. The van der Waals surface area contributed by atoms with Crippen LogP contribution < -0.4 is 0 Å². The van der Waals surface area contributed by atoms with Gasteiger partial charge in [-0.15, -0.1) is 0 Å². The minimum atomic E-state index is -0.161. The molecule has 0 aromatic heterocycles. The zero-order valence-corrected chi connectivity index (χ0v) is 10.8. The number of carbonyl (C=O) groups is 2. The summed E-state index contributed by atoms with van der Waals surface area (Å²) in [7, 11) is 1.65. The van der Waals surface area contributed by atoms with Crippen LogP contribution in [0, 0.1) is 5.92 Å². The molecule has 0 spiro atoms. The number of hydrogen-bond donors (Lipinski definition) is 0. The van der Waals surface area contributed by atoms with Crippen molar-refractivity contribution in [3.63, 3.8) is 0 Å². The Bertz CT molecular complexity index is 258. The molecule has 0 aromatic carbocycles. The molecule has 1 rings (SSSR count). The predicted molar refractivity (Wildman–Crippen MR) is 61.9 cm³/mol. The third-order valence-corrected chi connectivity index (χ3v) is 3.14. The lowest BCUT2D eigenvalue weighted by molar-refractivity contribution is -0.125. The fraction of sp³-hybridized carbons (Fsp3) is 0.800. The molecule has 1 saturated heterocycles. The van der Waals surface area contributed by atoms with Gasteiger partial charge in [0, 0.05) is 18.9 Å². The van der Waals surface area contributed by atoms with Crippen LogP contribution in [0.25, 0.3) is 0 Å². The summed E-state index contributed by atoms with van der Waals surface area (Å²) < 4.78 is 0. The first-order valence-electron chi connectivity index (χ1n) is 5.17. The monoisotopic (exact) mass is 276 g/mol. The topological polar surface area (TPSA) is 40.6 Å². The minimum Gasteiger partial charge on any atom is -0.318 e. The highest BCUT2D eigenvalue weighted by Gasteiger charge is 2.32. The van der Waals surface area contributed by atoms with Gasteiger partial charge in [-0.2, -0.15) is 0 Å². The van der Waals surface area contributed by atoms with Crippen LogP contribution in [0.3, 0.4) is 0 Å². The maximum Gasteiger partial charge on any atom is 0.326 e. The van der Waals surface area contributed by atoms with E-state index >= 15 is 0 Å². The van der Waals surface area contributed by atoms with Gasteiger partial charge in [0.25, 0.3) is 0 Å². The fourth-order valence-electron chi connectivity index (χ4n) is 1.57. The predicted octanol–water partition coefficient (Wildman–Crippen LogP) is 1.69.